The molecule has 1 atom stereocenters. The van der Waals surface area contributed by atoms with Crippen molar-refractivity contribution < 1.29 is 9.59 Å². The smallest absolute Gasteiger partial charge is 0.248 e. The van der Waals surface area contributed by atoms with E-state index in [1.165, 1.54) is 17.8 Å². The van der Waals surface area contributed by atoms with Crippen molar-refractivity contribution in [3.8, 4) is 0 Å². The van der Waals surface area contributed by atoms with Gasteiger partial charge in [0.15, 0.2) is 0 Å². The highest BCUT2D eigenvalue weighted by atomic mass is 35.5. The van der Waals surface area contributed by atoms with E-state index in [4.69, 9.17) is 11.6 Å². The van der Waals surface area contributed by atoms with Crippen LogP contribution in [0.15, 0.2) is 89.8 Å². The molecule has 0 aliphatic rings. The molecular formula is C24H21ClN2O2S. The highest BCUT2D eigenvalue weighted by Crippen LogP contribution is 2.26. The van der Waals surface area contributed by atoms with Gasteiger partial charge in [-0.1, -0.05) is 48.0 Å². The maximum absolute atomic E-state index is 12.4. The molecule has 3 rings (SSSR count). The Morgan fingerprint density at radius 3 is 2.33 bits per heavy atom. The number of halogens is 1. The molecule has 0 bridgehead atoms. The summed E-state index contributed by atoms with van der Waals surface area (Å²) in [4.78, 5) is 25.4. The molecule has 0 aromatic heterocycles. The number of rotatable bonds is 7. The molecule has 152 valence electrons. The van der Waals surface area contributed by atoms with Gasteiger partial charge in [0.1, 0.15) is 0 Å². The summed E-state index contributed by atoms with van der Waals surface area (Å²) in [6, 6.07) is 24.1. The minimum atomic E-state index is -0.293. The minimum absolute atomic E-state index is 0.106. The average molecular weight is 437 g/mol. The van der Waals surface area contributed by atoms with Crippen LogP contribution in [-0.2, 0) is 9.59 Å². The summed E-state index contributed by atoms with van der Waals surface area (Å²) in [6.07, 6.45) is 3.26. The second-order valence-electron chi connectivity index (χ2n) is 6.52. The van der Waals surface area contributed by atoms with Crippen molar-refractivity contribution >= 4 is 52.6 Å². The summed E-state index contributed by atoms with van der Waals surface area (Å²) in [5.41, 5.74) is 2.32. The van der Waals surface area contributed by atoms with E-state index in [9.17, 15) is 9.59 Å². The normalized spacial score (nSPS) is 11.8. The first-order valence-corrected chi connectivity index (χ1v) is 10.6. The topological polar surface area (TPSA) is 58.2 Å². The van der Waals surface area contributed by atoms with Crippen LogP contribution in [0.5, 0.6) is 0 Å². The average Bonchev–Trinajstić information content (AvgIpc) is 2.74. The van der Waals surface area contributed by atoms with Gasteiger partial charge in [0.25, 0.3) is 0 Å². The van der Waals surface area contributed by atoms with Crippen LogP contribution in [0.4, 0.5) is 11.4 Å². The molecule has 0 heterocycles. The van der Waals surface area contributed by atoms with Gasteiger partial charge in [0, 0.05) is 27.4 Å². The molecule has 0 spiro atoms. The van der Waals surface area contributed by atoms with Gasteiger partial charge < -0.3 is 10.6 Å². The molecule has 30 heavy (non-hydrogen) atoms. The molecule has 0 radical (unpaired) electrons. The van der Waals surface area contributed by atoms with Crippen molar-refractivity contribution in [3.63, 3.8) is 0 Å². The predicted octanol–water partition coefficient (Wildman–Crippen LogP) is 6.11. The standard InChI is InChI=1S/C24H21ClN2O2S/c1-17(24(29)27-21-9-5-8-19(25)16-21)30-22-13-11-20(12-14-22)26-23(28)15-10-18-6-3-2-4-7-18/h2-17H,1H3,(H,26,28)(H,27,29)/b15-10+. The van der Waals surface area contributed by atoms with E-state index in [0.717, 1.165) is 10.5 Å². The van der Waals surface area contributed by atoms with Crippen LogP contribution < -0.4 is 10.6 Å². The third-order valence-corrected chi connectivity index (χ3v) is 5.47. The highest BCUT2D eigenvalue weighted by Gasteiger charge is 2.14. The first-order chi connectivity index (χ1) is 14.5. The summed E-state index contributed by atoms with van der Waals surface area (Å²) < 4.78 is 0. The summed E-state index contributed by atoms with van der Waals surface area (Å²) in [6.45, 7) is 1.84. The Bertz CT molecular complexity index is 1040. The molecule has 0 aliphatic carbocycles. The Hall–Kier alpha value is -3.02. The number of carbonyl (C=O) groups is 2. The van der Waals surface area contributed by atoms with E-state index in [2.05, 4.69) is 10.6 Å². The van der Waals surface area contributed by atoms with Gasteiger partial charge in [-0.3, -0.25) is 9.59 Å². The van der Waals surface area contributed by atoms with Crippen LogP contribution in [0.3, 0.4) is 0 Å². The summed E-state index contributed by atoms with van der Waals surface area (Å²) >= 11 is 7.39. The Kier molecular flexibility index (Phi) is 7.71. The summed E-state index contributed by atoms with van der Waals surface area (Å²) in [5.74, 6) is -0.306. The number of anilines is 2. The Morgan fingerprint density at radius 1 is 0.900 bits per heavy atom. The molecule has 0 saturated carbocycles. The molecule has 0 fully saturated rings. The number of amides is 2. The SMILES string of the molecule is CC(Sc1ccc(NC(=O)/C=C/c2ccccc2)cc1)C(=O)Nc1cccc(Cl)c1. The van der Waals surface area contributed by atoms with E-state index >= 15 is 0 Å². The van der Waals surface area contributed by atoms with Gasteiger partial charge >= 0.3 is 0 Å². The molecule has 0 aliphatic heterocycles. The van der Waals surface area contributed by atoms with Gasteiger partial charge in [-0.2, -0.15) is 0 Å². The first-order valence-electron chi connectivity index (χ1n) is 9.37. The van der Waals surface area contributed by atoms with Crippen LogP contribution in [-0.4, -0.2) is 17.1 Å². The largest absolute Gasteiger partial charge is 0.325 e. The minimum Gasteiger partial charge on any atom is -0.325 e. The zero-order chi connectivity index (χ0) is 21.3. The molecular weight excluding hydrogens is 416 g/mol. The lowest BCUT2D eigenvalue weighted by molar-refractivity contribution is -0.115. The van der Waals surface area contributed by atoms with Gasteiger partial charge in [0.05, 0.1) is 5.25 Å². The Labute approximate surface area is 185 Å². The van der Waals surface area contributed by atoms with Crippen LogP contribution in [0.1, 0.15) is 12.5 Å². The van der Waals surface area contributed by atoms with E-state index < -0.39 is 0 Å². The quantitative estimate of drug-likeness (QED) is 0.347. The Balaban J connectivity index is 1.51. The van der Waals surface area contributed by atoms with Gasteiger partial charge in [-0.15, -0.1) is 11.8 Å². The van der Waals surface area contributed by atoms with Gasteiger partial charge in [0.2, 0.25) is 11.8 Å². The van der Waals surface area contributed by atoms with Crippen LogP contribution in [0.25, 0.3) is 6.08 Å². The fourth-order valence-corrected chi connectivity index (χ4v) is 3.66. The van der Waals surface area contributed by atoms with Crippen molar-refractivity contribution in [1.29, 1.82) is 0 Å². The molecule has 3 aromatic carbocycles. The maximum atomic E-state index is 12.4. The second kappa shape index (κ2) is 10.7. The van der Waals surface area contributed by atoms with Crippen molar-refractivity contribution in [2.24, 2.45) is 0 Å². The number of benzene rings is 3. The fourth-order valence-electron chi connectivity index (χ4n) is 2.60. The van der Waals surface area contributed by atoms with Crippen molar-refractivity contribution in [2.75, 3.05) is 10.6 Å². The zero-order valence-electron chi connectivity index (χ0n) is 16.3. The molecule has 3 aromatic rings. The third-order valence-electron chi connectivity index (χ3n) is 4.12. The van der Waals surface area contributed by atoms with Gasteiger partial charge in [-0.25, -0.2) is 0 Å². The van der Waals surface area contributed by atoms with Crippen LogP contribution in [0, 0.1) is 0 Å². The van der Waals surface area contributed by atoms with E-state index in [1.807, 2.05) is 61.5 Å². The lowest BCUT2D eigenvalue weighted by Crippen LogP contribution is -2.22. The predicted molar refractivity (Wildman–Crippen MR) is 126 cm³/mol. The van der Waals surface area contributed by atoms with Crippen molar-refractivity contribution in [2.45, 2.75) is 17.1 Å². The van der Waals surface area contributed by atoms with Crippen LogP contribution in [0.2, 0.25) is 5.02 Å². The van der Waals surface area contributed by atoms with E-state index in [-0.39, 0.29) is 17.1 Å². The Morgan fingerprint density at radius 2 is 1.63 bits per heavy atom. The molecule has 4 nitrogen and oxygen atoms in total. The third kappa shape index (κ3) is 6.79. The summed E-state index contributed by atoms with van der Waals surface area (Å²) in [5, 5.41) is 5.97. The fraction of sp³-hybridized carbons (Fsp3) is 0.0833. The molecule has 2 N–H and O–H groups in total. The van der Waals surface area contributed by atoms with E-state index in [1.54, 1.807) is 30.3 Å². The molecule has 2 amide bonds. The van der Waals surface area contributed by atoms with E-state index in [0.29, 0.717) is 16.4 Å². The lowest BCUT2D eigenvalue weighted by atomic mass is 10.2. The molecule has 1 unspecified atom stereocenters. The second-order valence-corrected chi connectivity index (χ2v) is 8.37. The molecule has 6 heteroatoms. The number of carbonyl (C=O) groups excluding carboxylic acids is 2. The van der Waals surface area contributed by atoms with Crippen molar-refractivity contribution in [3.05, 3.63) is 95.5 Å². The summed E-state index contributed by atoms with van der Waals surface area (Å²) in [7, 11) is 0. The molecule has 0 saturated heterocycles. The number of hydrogen-bond acceptors (Lipinski definition) is 3. The van der Waals surface area contributed by atoms with Gasteiger partial charge in [-0.05, 0) is 61.0 Å². The lowest BCUT2D eigenvalue weighted by Gasteiger charge is -2.12. The van der Waals surface area contributed by atoms with Crippen LogP contribution >= 0.6 is 23.4 Å². The number of hydrogen-bond donors (Lipinski definition) is 2. The zero-order valence-corrected chi connectivity index (χ0v) is 17.9. The monoisotopic (exact) mass is 436 g/mol. The van der Waals surface area contributed by atoms with Crippen molar-refractivity contribution in [1.82, 2.24) is 0 Å². The highest BCUT2D eigenvalue weighted by molar-refractivity contribution is 8.00. The number of nitrogens with one attached hydrogen (secondary N) is 2. The maximum Gasteiger partial charge on any atom is 0.248 e. The number of thioether (sulfide) groups is 1. The first kappa shape index (κ1) is 21.7.